The standard InChI is InChI=1S/C33H41N3O2Si/c1-5-6-9-25-20-29-28-10-7-8-11-30(28)34-32(29)33(36(25)31(37)18-19-39(2,3)4)23-12-14-24(15-13-23)35-26-16-17-27(35)22-38-21-26/h7-8,10-15,25-27,33-34H,5-6,9,16-17,20-22H2,1-4H3/t25-,26?,27?,33-/m0/s1. The third-order valence-electron chi connectivity index (χ3n) is 8.65. The number of carbonyl (C=O) groups excluding carboxylic acids is 1. The van der Waals surface area contributed by atoms with E-state index in [0.717, 1.165) is 55.7 Å². The van der Waals surface area contributed by atoms with Crippen LogP contribution in [0.4, 0.5) is 5.69 Å². The molecule has 3 aliphatic heterocycles. The van der Waals surface area contributed by atoms with E-state index in [9.17, 15) is 4.79 Å². The Morgan fingerprint density at radius 2 is 1.77 bits per heavy atom. The van der Waals surface area contributed by atoms with Gasteiger partial charge in [-0.3, -0.25) is 4.79 Å². The molecule has 5 nitrogen and oxygen atoms in total. The summed E-state index contributed by atoms with van der Waals surface area (Å²) in [5.41, 5.74) is 9.42. The van der Waals surface area contributed by atoms with Crippen molar-refractivity contribution in [2.45, 2.75) is 89.3 Å². The summed E-state index contributed by atoms with van der Waals surface area (Å²) in [6.45, 7) is 10.5. The lowest BCUT2D eigenvalue weighted by Gasteiger charge is -2.42. The molecule has 0 spiro atoms. The summed E-state index contributed by atoms with van der Waals surface area (Å²) in [6.07, 6.45) is 6.46. The fourth-order valence-corrected chi connectivity index (χ4v) is 7.32. The minimum absolute atomic E-state index is 0.0388. The summed E-state index contributed by atoms with van der Waals surface area (Å²) < 4.78 is 5.83. The number of hydrogen-bond acceptors (Lipinski definition) is 3. The highest BCUT2D eigenvalue weighted by Crippen LogP contribution is 2.43. The van der Waals surface area contributed by atoms with Gasteiger partial charge in [0.05, 0.1) is 31.3 Å². The lowest BCUT2D eigenvalue weighted by atomic mass is 9.86. The van der Waals surface area contributed by atoms with Gasteiger partial charge in [-0.15, -0.1) is 5.54 Å². The van der Waals surface area contributed by atoms with Crippen molar-refractivity contribution < 1.29 is 9.53 Å². The van der Waals surface area contributed by atoms with Crippen LogP contribution in [0, 0.1) is 11.5 Å². The van der Waals surface area contributed by atoms with Crippen molar-refractivity contribution in [3.8, 4) is 11.5 Å². The van der Waals surface area contributed by atoms with Gasteiger partial charge in [-0.2, -0.15) is 0 Å². The van der Waals surface area contributed by atoms with Gasteiger partial charge in [0.25, 0.3) is 5.91 Å². The molecule has 2 fully saturated rings. The second-order valence-corrected chi connectivity index (χ2v) is 17.3. The SMILES string of the molecule is CCCC[C@H]1Cc2c([nH]c3ccccc23)[C@H](c2ccc(N3C4CCC3COC4)cc2)N1C(=O)C#C[Si](C)(C)C. The highest BCUT2D eigenvalue weighted by Gasteiger charge is 2.41. The molecule has 1 aromatic heterocycles. The molecule has 1 amide bonds. The zero-order valence-electron chi connectivity index (χ0n) is 23.8. The molecule has 39 heavy (non-hydrogen) atoms. The van der Waals surface area contributed by atoms with E-state index in [0.29, 0.717) is 12.1 Å². The Morgan fingerprint density at radius 1 is 1.05 bits per heavy atom. The molecule has 0 saturated carbocycles. The van der Waals surface area contributed by atoms with Crippen molar-refractivity contribution >= 4 is 30.6 Å². The van der Waals surface area contributed by atoms with E-state index in [1.165, 1.54) is 29.5 Å². The maximum absolute atomic E-state index is 14.0. The molecular formula is C33H41N3O2Si. The predicted molar refractivity (Wildman–Crippen MR) is 162 cm³/mol. The van der Waals surface area contributed by atoms with Crippen LogP contribution in [0.25, 0.3) is 10.9 Å². The first-order valence-corrected chi connectivity index (χ1v) is 18.2. The normalized spacial score (nSPS) is 24.4. The van der Waals surface area contributed by atoms with Crippen LogP contribution in [0.15, 0.2) is 48.5 Å². The number of unbranched alkanes of at least 4 members (excludes halogenated alkanes) is 1. The fourth-order valence-electron chi connectivity index (χ4n) is 6.83. The number of fused-ring (bicyclic) bond motifs is 5. The lowest BCUT2D eigenvalue weighted by Crippen LogP contribution is -2.47. The van der Waals surface area contributed by atoms with Crippen LogP contribution in [0.5, 0.6) is 0 Å². The van der Waals surface area contributed by atoms with Gasteiger partial charge in [0.15, 0.2) is 0 Å². The number of H-pyrrole nitrogens is 1. The predicted octanol–water partition coefficient (Wildman–Crippen LogP) is 6.45. The Morgan fingerprint density at radius 3 is 2.46 bits per heavy atom. The molecule has 0 radical (unpaired) electrons. The molecule has 6 rings (SSSR count). The molecule has 6 heteroatoms. The summed E-state index contributed by atoms with van der Waals surface area (Å²) in [7, 11) is -1.70. The molecule has 3 aromatic rings. The van der Waals surface area contributed by atoms with Gasteiger partial charge in [0.1, 0.15) is 8.07 Å². The summed E-state index contributed by atoms with van der Waals surface area (Å²) >= 11 is 0. The van der Waals surface area contributed by atoms with Crippen LogP contribution >= 0.6 is 0 Å². The molecule has 1 N–H and O–H groups in total. The van der Waals surface area contributed by atoms with Gasteiger partial charge < -0.3 is 19.5 Å². The lowest BCUT2D eigenvalue weighted by molar-refractivity contribution is -0.130. The van der Waals surface area contributed by atoms with Crippen LogP contribution in [-0.4, -0.2) is 55.2 Å². The van der Waals surface area contributed by atoms with Gasteiger partial charge in [-0.25, -0.2) is 0 Å². The van der Waals surface area contributed by atoms with E-state index in [2.05, 4.69) is 101 Å². The number of para-hydroxylation sites is 1. The Labute approximate surface area is 233 Å². The van der Waals surface area contributed by atoms with Crippen molar-refractivity contribution in [2.24, 2.45) is 0 Å². The van der Waals surface area contributed by atoms with Crippen molar-refractivity contribution in [3.05, 3.63) is 65.4 Å². The van der Waals surface area contributed by atoms with Crippen molar-refractivity contribution in [3.63, 3.8) is 0 Å². The van der Waals surface area contributed by atoms with Gasteiger partial charge in [-0.1, -0.05) is 69.7 Å². The van der Waals surface area contributed by atoms with Crippen LogP contribution < -0.4 is 4.90 Å². The maximum Gasteiger partial charge on any atom is 0.298 e. The quantitative estimate of drug-likeness (QED) is 0.299. The number of benzene rings is 2. The number of carbonyl (C=O) groups is 1. The Balaban J connectivity index is 1.45. The average Bonchev–Trinajstić information content (AvgIpc) is 3.42. The molecule has 2 aromatic carbocycles. The van der Waals surface area contributed by atoms with Crippen LogP contribution in [0.2, 0.25) is 19.6 Å². The number of rotatable bonds is 5. The molecule has 3 aliphatic rings. The number of nitrogens with zero attached hydrogens (tertiary/aromatic N) is 2. The first-order valence-electron chi connectivity index (χ1n) is 14.7. The highest BCUT2D eigenvalue weighted by molar-refractivity contribution is 6.84. The first-order chi connectivity index (χ1) is 18.8. The second kappa shape index (κ2) is 10.5. The fraction of sp³-hybridized carbons (Fsp3) is 0.485. The number of anilines is 1. The van der Waals surface area contributed by atoms with Gasteiger partial charge in [0, 0.05) is 28.3 Å². The van der Waals surface area contributed by atoms with E-state index in [-0.39, 0.29) is 18.0 Å². The van der Waals surface area contributed by atoms with Gasteiger partial charge in [0.2, 0.25) is 0 Å². The largest absolute Gasteiger partial charge is 0.377 e. The monoisotopic (exact) mass is 539 g/mol. The molecule has 4 atom stereocenters. The third kappa shape index (κ3) is 5.03. The van der Waals surface area contributed by atoms with Crippen molar-refractivity contribution in [1.82, 2.24) is 9.88 Å². The summed E-state index contributed by atoms with van der Waals surface area (Å²) in [5.74, 6) is 3.07. The van der Waals surface area contributed by atoms with Crippen molar-refractivity contribution in [1.29, 1.82) is 0 Å². The minimum Gasteiger partial charge on any atom is -0.377 e. The highest BCUT2D eigenvalue weighted by atomic mass is 28.3. The zero-order chi connectivity index (χ0) is 27.1. The number of nitrogens with one attached hydrogen (secondary N) is 1. The number of ether oxygens (including phenoxy) is 1. The zero-order valence-corrected chi connectivity index (χ0v) is 24.8. The summed E-state index contributed by atoms with van der Waals surface area (Å²) in [6, 6.07) is 18.5. The summed E-state index contributed by atoms with van der Waals surface area (Å²) in [4.78, 5) is 22.4. The number of hydrogen-bond donors (Lipinski definition) is 1. The number of morpholine rings is 1. The molecule has 4 heterocycles. The molecular weight excluding hydrogens is 498 g/mol. The summed E-state index contributed by atoms with van der Waals surface area (Å²) in [5, 5.41) is 1.28. The van der Waals surface area contributed by atoms with Crippen LogP contribution in [0.3, 0.4) is 0 Å². The van der Waals surface area contributed by atoms with E-state index < -0.39 is 8.07 Å². The number of aromatic amines is 1. The van der Waals surface area contributed by atoms with Crippen molar-refractivity contribution in [2.75, 3.05) is 18.1 Å². The maximum atomic E-state index is 14.0. The Hall–Kier alpha value is -3.01. The van der Waals surface area contributed by atoms with E-state index in [1.54, 1.807) is 0 Å². The average molecular weight is 540 g/mol. The van der Waals surface area contributed by atoms with Crippen LogP contribution in [-0.2, 0) is 16.0 Å². The topological polar surface area (TPSA) is 48.6 Å². The molecule has 2 unspecified atom stereocenters. The smallest absolute Gasteiger partial charge is 0.298 e. The molecule has 204 valence electrons. The van der Waals surface area contributed by atoms with Gasteiger partial charge in [-0.05, 0) is 60.9 Å². The molecule has 0 aliphatic carbocycles. The Bertz CT molecular complexity index is 1390. The Kier molecular flexibility index (Phi) is 7.07. The third-order valence-corrected chi connectivity index (χ3v) is 9.52. The van der Waals surface area contributed by atoms with Crippen LogP contribution in [0.1, 0.15) is 61.9 Å². The first kappa shape index (κ1) is 26.2. The van der Waals surface area contributed by atoms with E-state index in [1.807, 2.05) is 0 Å². The number of amides is 1. The van der Waals surface area contributed by atoms with E-state index in [4.69, 9.17) is 4.74 Å². The molecule has 2 saturated heterocycles. The second-order valence-electron chi connectivity index (χ2n) is 12.6. The van der Waals surface area contributed by atoms with E-state index >= 15 is 0 Å². The molecule has 2 bridgehead atoms. The minimum atomic E-state index is -1.70. The van der Waals surface area contributed by atoms with Gasteiger partial charge >= 0.3 is 0 Å². The number of aromatic nitrogens is 1.